The number of H-pyrrole nitrogens is 1. The number of aryl methyl sites for hydroxylation is 1. The van der Waals surface area contributed by atoms with Crippen molar-refractivity contribution in [2.24, 2.45) is 0 Å². The number of hydrogen-bond donors (Lipinski definition) is 1. The van der Waals surface area contributed by atoms with Gasteiger partial charge in [-0.1, -0.05) is 30.3 Å². The van der Waals surface area contributed by atoms with Gasteiger partial charge in [0.15, 0.2) is 5.16 Å². The number of rotatable bonds is 7. The van der Waals surface area contributed by atoms with Crippen LogP contribution in [0.5, 0.6) is 11.5 Å². The average Bonchev–Trinajstić information content (AvgIpc) is 3.19. The van der Waals surface area contributed by atoms with Crippen molar-refractivity contribution in [2.45, 2.75) is 31.4 Å². The van der Waals surface area contributed by atoms with E-state index in [9.17, 15) is 4.21 Å². The van der Waals surface area contributed by atoms with E-state index >= 15 is 0 Å². The van der Waals surface area contributed by atoms with Gasteiger partial charge in [0.25, 0.3) is 0 Å². The number of pyridine rings is 1. The molecule has 7 heteroatoms. The van der Waals surface area contributed by atoms with E-state index in [1.807, 2.05) is 62.4 Å². The Morgan fingerprint density at radius 3 is 2.67 bits per heavy atom. The molecule has 154 valence electrons. The minimum atomic E-state index is -1.36. The van der Waals surface area contributed by atoms with Gasteiger partial charge in [-0.2, -0.15) is 0 Å². The first-order chi connectivity index (χ1) is 14.5. The second-order valence-corrected chi connectivity index (χ2v) is 8.40. The van der Waals surface area contributed by atoms with Crippen molar-refractivity contribution in [1.82, 2.24) is 15.0 Å². The number of benzene rings is 2. The zero-order valence-electron chi connectivity index (χ0n) is 17.1. The van der Waals surface area contributed by atoms with Crippen molar-refractivity contribution in [3.05, 3.63) is 77.1 Å². The molecule has 0 amide bonds. The van der Waals surface area contributed by atoms with Gasteiger partial charge in [-0.05, 0) is 31.5 Å². The van der Waals surface area contributed by atoms with Crippen molar-refractivity contribution in [2.75, 3.05) is 7.11 Å². The maximum absolute atomic E-state index is 12.9. The van der Waals surface area contributed by atoms with Crippen LogP contribution in [0.15, 0.2) is 59.9 Å². The number of imidazole rings is 1. The molecule has 0 saturated heterocycles. The molecule has 2 heterocycles. The Balaban J connectivity index is 1.51. The molecule has 0 aliphatic heterocycles. The van der Waals surface area contributed by atoms with Crippen LogP contribution >= 0.6 is 0 Å². The highest BCUT2D eigenvalue weighted by Crippen LogP contribution is 2.26. The molecule has 0 aliphatic carbocycles. The van der Waals surface area contributed by atoms with Gasteiger partial charge < -0.3 is 14.5 Å². The minimum absolute atomic E-state index is 0.264. The fourth-order valence-electron chi connectivity index (χ4n) is 3.31. The largest absolute Gasteiger partial charge is 0.496 e. The van der Waals surface area contributed by atoms with E-state index in [1.165, 1.54) is 0 Å². The summed E-state index contributed by atoms with van der Waals surface area (Å²) in [5.74, 6) is 1.77. The van der Waals surface area contributed by atoms with Crippen LogP contribution in [0.2, 0.25) is 0 Å². The number of ether oxygens (including phenoxy) is 2. The van der Waals surface area contributed by atoms with E-state index < -0.39 is 10.8 Å². The van der Waals surface area contributed by atoms with Crippen molar-refractivity contribution in [3.63, 3.8) is 0 Å². The summed E-state index contributed by atoms with van der Waals surface area (Å²) < 4.78 is 24.2. The first kappa shape index (κ1) is 20.1. The topological polar surface area (TPSA) is 77.1 Å². The average molecular weight is 422 g/mol. The number of aromatic amines is 1. The third-order valence-electron chi connectivity index (χ3n) is 4.91. The van der Waals surface area contributed by atoms with Gasteiger partial charge in [0.05, 0.1) is 40.4 Å². The summed E-state index contributed by atoms with van der Waals surface area (Å²) >= 11 is 0. The van der Waals surface area contributed by atoms with Crippen molar-refractivity contribution in [3.8, 4) is 11.5 Å². The number of methoxy groups -OCH3 is 1. The standard InChI is InChI=1S/C23H23N3O3S/c1-15-12-24-21(16(2)22(15)28-3)14-30(27)23-25-19-10-9-18(11-20(19)26-23)29-13-17-7-5-4-6-8-17/h4-12H,13-14H2,1-3H3,(H,25,26)/t30-/m0/s1. The Kier molecular flexibility index (Phi) is 5.81. The van der Waals surface area contributed by atoms with Crippen LogP contribution < -0.4 is 9.47 Å². The number of nitrogens with one attached hydrogen (secondary N) is 1. The Morgan fingerprint density at radius 2 is 1.90 bits per heavy atom. The van der Waals surface area contributed by atoms with E-state index in [0.29, 0.717) is 11.8 Å². The number of aromatic nitrogens is 3. The Morgan fingerprint density at radius 1 is 1.10 bits per heavy atom. The number of hydrogen-bond acceptors (Lipinski definition) is 5. The Bertz CT molecular complexity index is 1210. The molecule has 4 rings (SSSR count). The predicted molar refractivity (Wildman–Crippen MR) is 117 cm³/mol. The zero-order chi connectivity index (χ0) is 21.1. The molecule has 0 spiro atoms. The lowest BCUT2D eigenvalue weighted by Crippen LogP contribution is -2.05. The second-order valence-electron chi connectivity index (χ2n) is 7.03. The minimum Gasteiger partial charge on any atom is -0.496 e. The summed E-state index contributed by atoms with van der Waals surface area (Å²) in [6.07, 6.45) is 1.74. The molecule has 6 nitrogen and oxygen atoms in total. The van der Waals surface area contributed by atoms with Crippen LogP contribution in [0.3, 0.4) is 0 Å². The highest BCUT2D eigenvalue weighted by Gasteiger charge is 2.16. The van der Waals surface area contributed by atoms with E-state index in [1.54, 1.807) is 13.3 Å². The normalized spacial score (nSPS) is 12.1. The third kappa shape index (κ3) is 4.21. The number of nitrogens with zero attached hydrogens (tertiary/aromatic N) is 2. The van der Waals surface area contributed by atoms with Crippen LogP contribution in [-0.2, 0) is 23.2 Å². The second kappa shape index (κ2) is 8.67. The number of fused-ring (bicyclic) bond motifs is 1. The molecule has 0 aliphatic rings. The Labute approximate surface area is 177 Å². The third-order valence-corrected chi connectivity index (χ3v) is 6.07. The SMILES string of the molecule is COc1c(C)cnc(C[S@](=O)c2nc3ccc(OCc4ccccc4)cc3[nH]2)c1C. The van der Waals surface area contributed by atoms with Crippen LogP contribution in [-0.4, -0.2) is 26.3 Å². The summed E-state index contributed by atoms with van der Waals surface area (Å²) in [5, 5.41) is 0.422. The molecule has 0 fully saturated rings. The van der Waals surface area contributed by atoms with Crippen molar-refractivity contribution in [1.29, 1.82) is 0 Å². The molecular formula is C23H23N3O3S. The van der Waals surface area contributed by atoms with E-state index in [4.69, 9.17) is 9.47 Å². The molecule has 2 aromatic heterocycles. The van der Waals surface area contributed by atoms with Crippen LogP contribution in [0.1, 0.15) is 22.4 Å². The molecule has 0 bridgehead atoms. The smallest absolute Gasteiger partial charge is 0.197 e. The fourth-order valence-corrected chi connectivity index (χ4v) is 4.41. The Hall–Kier alpha value is -3.19. The molecule has 4 aromatic rings. The van der Waals surface area contributed by atoms with Gasteiger partial charge >= 0.3 is 0 Å². The van der Waals surface area contributed by atoms with E-state index in [-0.39, 0.29) is 5.75 Å². The van der Waals surface area contributed by atoms with Gasteiger partial charge in [0.1, 0.15) is 18.1 Å². The van der Waals surface area contributed by atoms with E-state index in [2.05, 4.69) is 15.0 Å². The molecule has 0 saturated carbocycles. The van der Waals surface area contributed by atoms with Gasteiger partial charge in [0.2, 0.25) is 0 Å². The van der Waals surface area contributed by atoms with Gasteiger partial charge in [-0.25, -0.2) is 4.98 Å². The summed E-state index contributed by atoms with van der Waals surface area (Å²) in [7, 11) is 0.272. The van der Waals surface area contributed by atoms with Crippen LogP contribution in [0.4, 0.5) is 0 Å². The summed E-state index contributed by atoms with van der Waals surface area (Å²) in [5.41, 5.74) is 5.23. The van der Waals surface area contributed by atoms with E-state index in [0.717, 1.165) is 44.9 Å². The summed E-state index contributed by atoms with van der Waals surface area (Å²) in [4.78, 5) is 12.1. The fraction of sp³-hybridized carbons (Fsp3) is 0.217. The molecule has 0 unspecified atom stereocenters. The maximum Gasteiger partial charge on any atom is 0.197 e. The highest BCUT2D eigenvalue weighted by molar-refractivity contribution is 7.84. The molecule has 1 atom stereocenters. The van der Waals surface area contributed by atoms with Gasteiger partial charge in [-0.15, -0.1) is 0 Å². The zero-order valence-corrected chi connectivity index (χ0v) is 18.0. The quantitative estimate of drug-likeness (QED) is 0.476. The van der Waals surface area contributed by atoms with Crippen LogP contribution in [0, 0.1) is 13.8 Å². The lowest BCUT2D eigenvalue weighted by Gasteiger charge is -2.11. The van der Waals surface area contributed by atoms with Crippen LogP contribution in [0.25, 0.3) is 11.0 Å². The first-order valence-corrected chi connectivity index (χ1v) is 10.9. The molecule has 1 N–H and O–H groups in total. The molecule has 0 radical (unpaired) electrons. The predicted octanol–water partition coefficient (Wildman–Crippen LogP) is 4.47. The lowest BCUT2D eigenvalue weighted by molar-refractivity contribution is 0.306. The van der Waals surface area contributed by atoms with Crippen molar-refractivity contribution >= 4 is 21.8 Å². The maximum atomic E-state index is 12.9. The molecule has 30 heavy (non-hydrogen) atoms. The monoisotopic (exact) mass is 421 g/mol. The van der Waals surface area contributed by atoms with Gasteiger partial charge in [-0.3, -0.25) is 9.19 Å². The molecular weight excluding hydrogens is 398 g/mol. The highest BCUT2D eigenvalue weighted by atomic mass is 32.2. The van der Waals surface area contributed by atoms with Crippen molar-refractivity contribution < 1.29 is 13.7 Å². The first-order valence-electron chi connectivity index (χ1n) is 9.59. The molecule has 2 aromatic carbocycles. The van der Waals surface area contributed by atoms with Gasteiger partial charge in [0, 0.05) is 23.4 Å². The summed E-state index contributed by atoms with van der Waals surface area (Å²) in [6.45, 7) is 4.36. The lowest BCUT2D eigenvalue weighted by atomic mass is 10.1. The summed E-state index contributed by atoms with van der Waals surface area (Å²) in [6, 6.07) is 15.6.